The summed E-state index contributed by atoms with van der Waals surface area (Å²) in [7, 11) is 0. The van der Waals surface area contributed by atoms with E-state index in [2.05, 4.69) is 5.43 Å². The molecule has 0 saturated carbocycles. The standard InChI is InChI=1S/C21H17N3O5/c1-11(25)23-15-6-4-3-5-14(15)18-20(23)19(24(12(2)26)22-21(18)27)13-7-8-16-17(9-13)29-10-28-16/h3-9,19H,10H2,1-2H3,(H,22,27). The smallest absolute Gasteiger partial charge is 0.272 e. The zero-order valence-corrected chi connectivity index (χ0v) is 15.8. The average molecular weight is 391 g/mol. The minimum atomic E-state index is -0.703. The Kier molecular flexibility index (Phi) is 3.64. The number of aromatic nitrogens is 1. The molecule has 8 heteroatoms. The third-order valence-electron chi connectivity index (χ3n) is 5.24. The highest BCUT2D eigenvalue weighted by molar-refractivity contribution is 6.12. The molecular formula is C21H17N3O5. The summed E-state index contributed by atoms with van der Waals surface area (Å²) >= 11 is 0. The number of hydrazine groups is 1. The van der Waals surface area contributed by atoms with Gasteiger partial charge in [-0.3, -0.25) is 24.4 Å². The first-order valence-corrected chi connectivity index (χ1v) is 9.12. The summed E-state index contributed by atoms with van der Waals surface area (Å²) in [6.45, 7) is 2.93. The minimum Gasteiger partial charge on any atom is -0.454 e. The van der Waals surface area contributed by atoms with E-state index < -0.39 is 11.9 Å². The maximum atomic E-state index is 12.9. The molecule has 2 aliphatic rings. The molecule has 0 saturated heterocycles. The van der Waals surface area contributed by atoms with Crippen LogP contribution in [-0.2, 0) is 4.79 Å². The molecule has 5 rings (SSSR count). The number of benzene rings is 2. The highest BCUT2D eigenvalue weighted by Gasteiger charge is 2.40. The lowest BCUT2D eigenvalue weighted by atomic mass is 9.96. The molecule has 1 unspecified atom stereocenters. The number of nitrogens with one attached hydrogen (secondary N) is 1. The van der Waals surface area contributed by atoms with Crippen LogP contribution < -0.4 is 14.9 Å². The minimum absolute atomic E-state index is 0.121. The van der Waals surface area contributed by atoms with E-state index in [-0.39, 0.29) is 18.6 Å². The summed E-state index contributed by atoms with van der Waals surface area (Å²) in [5, 5.41) is 1.91. The van der Waals surface area contributed by atoms with Crippen molar-refractivity contribution in [1.82, 2.24) is 15.0 Å². The van der Waals surface area contributed by atoms with Crippen molar-refractivity contribution in [2.45, 2.75) is 19.9 Å². The van der Waals surface area contributed by atoms with Gasteiger partial charge in [-0.15, -0.1) is 0 Å². The lowest BCUT2D eigenvalue weighted by molar-refractivity contribution is -0.133. The first-order chi connectivity index (χ1) is 14.0. The van der Waals surface area contributed by atoms with Gasteiger partial charge >= 0.3 is 0 Å². The third-order valence-corrected chi connectivity index (χ3v) is 5.24. The van der Waals surface area contributed by atoms with Crippen molar-refractivity contribution in [3.8, 4) is 11.5 Å². The maximum Gasteiger partial charge on any atom is 0.272 e. The number of fused-ring (bicyclic) bond motifs is 4. The number of rotatable bonds is 1. The van der Waals surface area contributed by atoms with Crippen molar-refractivity contribution in [3.05, 3.63) is 59.3 Å². The number of para-hydroxylation sites is 1. The van der Waals surface area contributed by atoms with Crippen LogP contribution in [0.5, 0.6) is 11.5 Å². The summed E-state index contributed by atoms with van der Waals surface area (Å²) in [4.78, 5) is 38.0. The van der Waals surface area contributed by atoms with E-state index in [1.54, 1.807) is 30.3 Å². The van der Waals surface area contributed by atoms with Gasteiger partial charge in [-0.2, -0.15) is 0 Å². The van der Waals surface area contributed by atoms with E-state index in [1.165, 1.54) is 23.4 Å². The van der Waals surface area contributed by atoms with Crippen molar-refractivity contribution in [1.29, 1.82) is 0 Å². The lowest BCUT2D eigenvalue weighted by Gasteiger charge is -2.36. The van der Waals surface area contributed by atoms with Gasteiger partial charge in [0.15, 0.2) is 11.5 Å². The first kappa shape index (κ1) is 17.3. The zero-order chi connectivity index (χ0) is 20.3. The van der Waals surface area contributed by atoms with Crippen molar-refractivity contribution < 1.29 is 23.9 Å². The fourth-order valence-electron chi connectivity index (χ4n) is 4.10. The second-order valence-electron chi connectivity index (χ2n) is 6.98. The molecule has 2 amide bonds. The van der Waals surface area contributed by atoms with E-state index in [4.69, 9.17) is 9.47 Å². The topological polar surface area (TPSA) is 89.9 Å². The largest absolute Gasteiger partial charge is 0.454 e. The second-order valence-corrected chi connectivity index (χ2v) is 6.98. The van der Waals surface area contributed by atoms with Crippen LogP contribution in [0.3, 0.4) is 0 Å². The molecule has 146 valence electrons. The first-order valence-electron chi connectivity index (χ1n) is 9.12. The van der Waals surface area contributed by atoms with Crippen molar-refractivity contribution in [2.75, 3.05) is 6.79 Å². The molecular weight excluding hydrogens is 374 g/mol. The average Bonchev–Trinajstić information content (AvgIpc) is 3.29. The molecule has 0 bridgehead atoms. The van der Waals surface area contributed by atoms with Crippen LogP contribution in [0.2, 0.25) is 0 Å². The summed E-state index contributed by atoms with van der Waals surface area (Å²) in [6, 6.07) is 11.8. The summed E-state index contributed by atoms with van der Waals surface area (Å²) in [5.41, 5.74) is 4.83. The fourth-order valence-corrected chi connectivity index (χ4v) is 4.10. The molecule has 3 heterocycles. The highest BCUT2D eigenvalue weighted by atomic mass is 16.7. The van der Waals surface area contributed by atoms with Crippen molar-refractivity contribution in [2.24, 2.45) is 0 Å². The monoisotopic (exact) mass is 391 g/mol. The van der Waals surface area contributed by atoms with Crippen LogP contribution in [0.15, 0.2) is 42.5 Å². The highest BCUT2D eigenvalue weighted by Crippen LogP contribution is 2.42. The van der Waals surface area contributed by atoms with Gasteiger partial charge in [-0.05, 0) is 23.8 Å². The van der Waals surface area contributed by atoms with Gasteiger partial charge in [0.25, 0.3) is 5.91 Å². The van der Waals surface area contributed by atoms with Crippen LogP contribution >= 0.6 is 0 Å². The SMILES string of the molecule is CC(=O)N1NC(=O)c2c(n(C(C)=O)c3ccccc23)C1c1ccc2c(c1)OCO2. The Hall–Kier alpha value is -3.81. The molecule has 1 N–H and O–H groups in total. The van der Waals surface area contributed by atoms with E-state index in [9.17, 15) is 14.4 Å². The predicted octanol–water partition coefficient (Wildman–Crippen LogP) is 2.63. The quantitative estimate of drug-likeness (QED) is 0.689. The molecule has 0 radical (unpaired) electrons. The second kappa shape index (κ2) is 6.10. The van der Waals surface area contributed by atoms with Crippen LogP contribution in [0, 0.1) is 0 Å². The molecule has 0 aliphatic carbocycles. The summed E-state index contributed by atoms with van der Waals surface area (Å²) < 4.78 is 12.4. The number of carbonyl (C=O) groups excluding carboxylic acids is 3. The number of ether oxygens (including phenoxy) is 2. The molecule has 0 spiro atoms. The van der Waals surface area contributed by atoms with Crippen molar-refractivity contribution >= 4 is 28.6 Å². The van der Waals surface area contributed by atoms with Gasteiger partial charge in [0.05, 0.1) is 16.8 Å². The molecule has 2 aliphatic heterocycles. The number of amides is 2. The Bertz CT molecular complexity index is 1180. The van der Waals surface area contributed by atoms with Gasteiger partial charge in [0.2, 0.25) is 18.6 Å². The molecule has 3 aromatic rings. The van der Waals surface area contributed by atoms with Gasteiger partial charge in [0, 0.05) is 19.2 Å². The Morgan fingerprint density at radius 3 is 2.55 bits per heavy atom. The molecule has 1 atom stereocenters. The van der Waals surface area contributed by atoms with Gasteiger partial charge < -0.3 is 9.47 Å². The zero-order valence-electron chi connectivity index (χ0n) is 15.8. The van der Waals surface area contributed by atoms with Gasteiger partial charge in [0.1, 0.15) is 6.04 Å². The van der Waals surface area contributed by atoms with E-state index in [0.717, 1.165) is 0 Å². The van der Waals surface area contributed by atoms with Gasteiger partial charge in [-0.25, -0.2) is 5.01 Å². The van der Waals surface area contributed by atoms with Crippen LogP contribution in [0.4, 0.5) is 0 Å². The number of hydrogen-bond acceptors (Lipinski definition) is 5. The Balaban J connectivity index is 1.84. The fraction of sp³-hybridized carbons (Fsp3) is 0.190. The molecule has 8 nitrogen and oxygen atoms in total. The Morgan fingerprint density at radius 2 is 1.79 bits per heavy atom. The van der Waals surface area contributed by atoms with Gasteiger partial charge in [-0.1, -0.05) is 24.3 Å². The number of carbonyl (C=O) groups is 3. The Morgan fingerprint density at radius 1 is 1.03 bits per heavy atom. The molecule has 1 aromatic heterocycles. The van der Waals surface area contributed by atoms with Crippen LogP contribution in [0.1, 0.15) is 46.3 Å². The Labute approximate surface area is 165 Å². The third kappa shape index (κ3) is 2.42. The van der Waals surface area contributed by atoms with Crippen molar-refractivity contribution in [3.63, 3.8) is 0 Å². The number of hydrogen-bond donors (Lipinski definition) is 1. The molecule has 0 fully saturated rings. The molecule has 2 aromatic carbocycles. The lowest BCUT2D eigenvalue weighted by Crippen LogP contribution is -2.52. The summed E-state index contributed by atoms with van der Waals surface area (Å²) in [5.74, 6) is 0.132. The number of nitrogens with zero attached hydrogens (tertiary/aromatic N) is 2. The van der Waals surface area contributed by atoms with Crippen LogP contribution in [-0.4, -0.2) is 34.1 Å². The van der Waals surface area contributed by atoms with E-state index in [1.807, 2.05) is 12.1 Å². The van der Waals surface area contributed by atoms with E-state index in [0.29, 0.717) is 39.2 Å². The summed E-state index contributed by atoms with van der Waals surface area (Å²) in [6.07, 6.45) is 0. The normalized spacial score (nSPS) is 17.2. The van der Waals surface area contributed by atoms with Crippen LogP contribution in [0.25, 0.3) is 10.9 Å². The van der Waals surface area contributed by atoms with E-state index >= 15 is 0 Å². The maximum absolute atomic E-state index is 12.9. The molecule has 29 heavy (non-hydrogen) atoms. The predicted molar refractivity (Wildman–Crippen MR) is 103 cm³/mol.